The maximum Gasteiger partial charge on any atom is 0.268 e. The SMILES string of the molecule is Cc1cc(-c2[nH]c3ccc(C4OC=C(C(N)=O)N4[C@H]4CC[C@H](N)CC4)cc3c2C(C)C)cc(C)n1. The molecule has 7 nitrogen and oxygen atoms in total. The van der Waals surface area contributed by atoms with Gasteiger partial charge in [-0.2, -0.15) is 0 Å². The third-order valence-corrected chi connectivity index (χ3v) is 7.32. The van der Waals surface area contributed by atoms with Gasteiger partial charge in [0.05, 0.1) is 5.69 Å². The van der Waals surface area contributed by atoms with E-state index in [1.165, 1.54) is 17.2 Å². The molecule has 184 valence electrons. The lowest BCUT2D eigenvalue weighted by Gasteiger charge is -2.38. The Morgan fingerprint density at radius 1 is 1.11 bits per heavy atom. The molecule has 3 heterocycles. The van der Waals surface area contributed by atoms with Crippen molar-refractivity contribution in [3.8, 4) is 11.3 Å². The number of carbonyl (C=O) groups excluding carboxylic acids is 1. The van der Waals surface area contributed by atoms with Crippen LogP contribution in [0.25, 0.3) is 22.2 Å². The number of ether oxygens (including phenoxy) is 1. The van der Waals surface area contributed by atoms with Crippen molar-refractivity contribution in [2.45, 2.75) is 77.6 Å². The summed E-state index contributed by atoms with van der Waals surface area (Å²) in [4.78, 5) is 22.5. The Hall–Kier alpha value is -3.32. The molecule has 1 aliphatic carbocycles. The summed E-state index contributed by atoms with van der Waals surface area (Å²) in [5.74, 6) is -0.152. The van der Waals surface area contributed by atoms with Crippen LogP contribution in [-0.2, 0) is 9.53 Å². The first kappa shape index (κ1) is 23.4. The molecule has 1 saturated carbocycles. The Morgan fingerprint density at radius 2 is 1.80 bits per heavy atom. The Kier molecular flexibility index (Phi) is 6.05. The molecule has 2 aliphatic rings. The van der Waals surface area contributed by atoms with Gasteiger partial charge in [-0.25, -0.2) is 0 Å². The third-order valence-electron chi connectivity index (χ3n) is 7.32. The molecular weight excluding hydrogens is 438 g/mol. The fourth-order valence-corrected chi connectivity index (χ4v) is 5.76. The van der Waals surface area contributed by atoms with E-state index >= 15 is 0 Å². The molecule has 0 radical (unpaired) electrons. The number of fused-ring (bicyclic) bond motifs is 1. The van der Waals surface area contributed by atoms with Crippen molar-refractivity contribution in [3.63, 3.8) is 0 Å². The largest absolute Gasteiger partial charge is 0.471 e. The van der Waals surface area contributed by atoms with Crippen LogP contribution in [0.5, 0.6) is 0 Å². The Balaban J connectivity index is 1.58. The third kappa shape index (κ3) is 4.29. The Labute approximate surface area is 206 Å². The number of rotatable bonds is 5. The average Bonchev–Trinajstić information content (AvgIpc) is 3.41. The first-order valence-electron chi connectivity index (χ1n) is 12.5. The molecule has 1 atom stereocenters. The molecule has 1 amide bonds. The number of H-pyrrole nitrogens is 1. The van der Waals surface area contributed by atoms with Gasteiger partial charge in [-0.15, -0.1) is 0 Å². The summed E-state index contributed by atoms with van der Waals surface area (Å²) < 4.78 is 6.09. The number of primary amides is 1. The molecule has 1 fully saturated rings. The maximum atomic E-state index is 12.3. The van der Waals surface area contributed by atoms with Crippen LogP contribution >= 0.6 is 0 Å². The molecule has 2 aromatic heterocycles. The molecule has 1 aliphatic heterocycles. The number of hydrogen-bond acceptors (Lipinski definition) is 5. The van der Waals surface area contributed by atoms with Crippen molar-refractivity contribution in [3.05, 3.63) is 64.8 Å². The molecule has 3 aromatic rings. The second kappa shape index (κ2) is 9.04. The van der Waals surface area contributed by atoms with Gasteiger partial charge in [0.2, 0.25) is 0 Å². The van der Waals surface area contributed by atoms with Crippen LogP contribution in [-0.4, -0.2) is 32.9 Å². The zero-order chi connectivity index (χ0) is 24.9. The highest BCUT2D eigenvalue weighted by Gasteiger charge is 2.38. The molecule has 0 bridgehead atoms. The number of nitrogens with zero attached hydrogens (tertiary/aromatic N) is 2. The molecular formula is C28H35N5O2. The van der Waals surface area contributed by atoms with E-state index in [-0.39, 0.29) is 18.3 Å². The topological polar surface area (TPSA) is 110 Å². The van der Waals surface area contributed by atoms with E-state index in [4.69, 9.17) is 16.2 Å². The summed E-state index contributed by atoms with van der Waals surface area (Å²) in [6.45, 7) is 8.49. The number of amides is 1. The summed E-state index contributed by atoms with van der Waals surface area (Å²) in [5, 5.41) is 1.17. The molecule has 0 spiro atoms. The number of aromatic nitrogens is 2. The smallest absolute Gasteiger partial charge is 0.268 e. The minimum Gasteiger partial charge on any atom is -0.471 e. The van der Waals surface area contributed by atoms with Crippen LogP contribution < -0.4 is 11.5 Å². The monoisotopic (exact) mass is 473 g/mol. The lowest BCUT2D eigenvalue weighted by atomic mass is 9.89. The van der Waals surface area contributed by atoms with E-state index in [0.29, 0.717) is 11.6 Å². The van der Waals surface area contributed by atoms with Crippen LogP contribution in [0.4, 0.5) is 0 Å². The summed E-state index contributed by atoms with van der Waals surface area (Å²) in [5.41, 5.74) is 20.0. The minimum absolute atomic E-state index is 0.172. The van der Waals surface area contributed by atoms with Gasteiger partial charge in [0.25, 0.3) is 5.91 Å². The Bertz CT molecular complexity index is 1280. The molecule has 7 heteroatoms. The molecule has 5 rings (SSSR count). The lowest BCUT2D eigenvalue weighted by molar-refractivity contribution is -0.117. The van der Waals surface area contributed by atoms with E-state index < -0.39 is 5.91 Å². The number of nitrogens with one attached hydrogen (secondary N) is 1. The Morgan fingerprint density at radius 3 is 2.43 bits per heavy atom. The summed E-state index contributed by atoms with van der Waals surface area (Å²) in [6.07, 6.45) is 4.84. The van der Waals surface area contributed by atoms with Crippen LogP contribution in [0, 0.1) is 13.8 Å². The van der Waals surface area contributed by atoms with E-state index in [0.717, 1.165) is 59.4 Å². The van der Waals surface area contributed by atoms with Gasteiger partial charge in [-0.05, 0) is 75.3 Å². The van der Waals surface area contributed by atoms with Crippen molar-refractivity contribution in [2.24, 2.45) is 11.5 Å². The number of nitrogens with two attached hydrogens (primary N) is 2. The predicted octanol–water partition coefficient (Wildman–Crippen LogP) is 4.90. The van der Waals surface area contributed by atoms with E-state index in [1.54, 1.807) is 0 Å². The van der Waals surface area contributed by atoms with Crippen LogP contribution in [0.1, 0.15) is 74.2 Å². The fraction of sp³-hybridized carbons (Fsp3) is 0.429. The standard InChI is InChI=1S/C28H35N5O2/c1-15(2)25-22-13-18(5-10-23(22)32-26(25)19-11-16(3)31-17(4)12-19)28-33(24(14-35-28)27(30)34)21-8-6-20(29)7-9-21/h5,10-15,20-21,28,32H,6-9,29H2,1-4H3,(H2,30,34)/t20-,21-,28?. The van der Waals surface area contributed by atoms with Gasteiger partial charge < -0.3 is 26.1 Å². The van der Waals surface area contributed by atoms with Crippen LogP contribution in [0.15, 0.2) is 42.3 Å². The molecule has 1 unspecified atom stereocenters. The van der Waals surface area contributed by atoms with E-state index in [2.05, 4.69) is 59.0 Å². The van der Waals surface area contributed by atoms with Gasteiger partial charge in [-0.3, -0.25) is 9.78 Å². The number of carbonyl (C=O) groups is 1. The van der Waals surface area contributed by atoms with Crippen molar-refractivity contribution < 1.29 is 9.53 Å². The summed E-state index contributed by atoms with van der Waals surface area (Å²) in [6, 6.07) is 11.0. The van der Waals surface area contributed by atoms with Crippen molar-refractivity contribution >= 4 is 16.8 Å². The van der Waals surface area contributed by atoms with Crippen molar-refractivity contribution in [1.29, 1.82) is 0 Å². The number of benzene rings is 1. The fourth-order valence-electron chi connectivity index (χ4n) is 5.76. The highest BCUT2D eigenvalue weighted by Crippen LogP contribution is 2.41. The number of hydrogen-bond donors (Lipinski definition) is 3. The predicted molar refractivity (Wildman–Crippen MR) is 138 cm³/mol. The first-order valence-corrected chi connectivity index (χ1v) is 12.5. The number of aryl methyl sites for hydroxylation is 2. The van der Waals surface area contributed by atoms with Crippen LogP contribution in [0.2, 0.25) is 0 Å². The second-order valence-corrected chi connectivity index (χ2v) is 10.3. The van der Waals surface area contributed by atoms with Gasteiger partial charge in [-0.1, -0.05) is 19.9 Å². The lowest BCUT2D eigenvalue weighted by Crippen LogP contribution is -2.43. The van der Waals surface area contributed by atoms with Gasteiger partial charge in [0.1, 0.15) is 12.0 Å². The van der Waals surface area contributed by atoms with Crippen molar-refractivity contribution in [2.75, 3.05) is 0 Å². The minimum atomic E-state index is -0.460. The van der Waals surface area contributed by atoms with Gasteiger partial charge in [0.15, 0.2) is 6.23 Å². The van der Waals surface area contributed by atoms with E-state index in [1.807, 2.05) is 13.8 Å². The average molecular weight is 474 g/mol. The summed E-state index contributed by atoms with van der Waals surface area (Å²) in [7, 11) is 0. The van der Waals surface area contributed by atoms with Gasteiger partial charge >= 0.3 is 0 Å². The first-order chi connectivity index (χ1) is 16.7. The van der Waals surface area contributed by atoms with Crippen LogP contribution in [0.3, 0.4) is 0 Å². The highest BCUT2D eigenvalue weighted by molar-refractivity contribution is 5.93. The number of aromatic amines is 1. The van der Waals surface area contributed by atoms with Gasteiger partial charge in [0, 0.05) is 45.5 Å². The normalized spacial score (nSPS) is 22.5. The molecule has 0 saturated heterocycles. The van der Waals surface area contributed by atoms with Crippen molar-refractivity contribution in [1.82, 2.24) is 14.9 Å². The van der Waals surface area contributed by atoms with E-state index in [9.17, 15) is 4.79 Å². The zero-order valence-electron chi connectivity index (χ0n) is 21.0. The summed E-state index contributed by atoms with van der Waals surface area (Å²) >= 11 is 0. The molecule has 5 N–H and O–H groups in total. The second-order valence-electron chi connectivity index (χ2n) is 10.3. The quantitative estimate of drug-likeness (QED) is 0.488. The zero-order valence-corrected chi connectivity index (χ0v) is 21.0. The number of pyridine rings is 1. The molecule has 35 heavy (non-hydrogen) atoms. The molecule has 1 aromatic carbocycles. The highest BCUT2D eigenvalue weighted by atomic mass is 16.5. The maximum absolute atomic E-state index is 12.3.